The summed E-state index contributed by atoms with van der Waals surface area (Å²) in [4.78, 5) is 15.9. The van der Waals surface area contributed by atoms with Gasteiger partial charge in [-0.15, -0.1) is 5.10 Å². The summed E-state index contributed by atoms with van der Waals surface area (Å²) >= 11 is 0. The summed E-state index contributed by atoms with van der Waals surface area (Å²) in [5, 5.41) is 8.09. The molecule has 0 atom stereocenters. The summed E-state index contributed by atoms with van der Waals surface area (Å²) in [6, 6.07) is 0. The number of carbonyl (C=O) groups is 1. The van der Waals surface area contributed by atoms with Crippen LogP contribution in [0.5, 0.6) is 0 Å². The Kier molecular flexibility index (Phi) is 5.08. The predicted molar refractivity (Wildman–Crippen MR) is 76.9 cm³/mol. The van der Waals surface area contributed by atoms with Crippen LogP contribution in [0.1, 0.15) is 49.3 Å². The van der Waals surface area contributed by atoms with Crippen LogP contribution in [0.15, 0.2) is 18.7 Å². The molecule has 21 heavy (non-hydrogen) atoms. The third kappa shape index (κ3) is 3.68. The van der Waals surface area contributed by atoms with E-state index in [-0.39, 0.29) is 5.92 Å². The average molecular weight is 291 g/mol. The summed E-state index contributed by atoms with van der Waals surface area (Å²) in [7, 11) is 0. The van der Waals surface area contributed by atoms with E-state index in [1.54, 1.807) is 24.1 Å². The fourth-order valence-electron chi connectivity index (χ4n) is 2.22. The molecule has 0 amide bonds. The minimum Gasteiger partial charge on any atom is -0.461 e. The van der Waals surface area contributed by atoms with Gasteiger partial charge in [0.05, 0.1) is 18.6 Å². The van der Waals surface area contributed by atoms with Gasteiger partial charge in [-0.3, -0.25) is 0 Å². The lowest BCUT2D eigenvalue weighted by Crippen LogP contribution is -2.13. The van der Waals surface area contributed by atoms with Crippen LogP contribution in [0.4, 0.5) is 0 Å². The fraction of sp³-hybridized carbons (Fsp3) is 0.571. The van der Waals surface area contributed by atoms with Gasteiger partial charge in [0, 0.05) is 25.5 Å². The lowest BCUT2D eigenvalue weighted by molar-refractivity contribution is 0.0517. The van der Waals surface area contributed by atoms with E-state index in [0.717, 1.165) is 18.7 Å². The van der Waals surface area contributed by atoms with Crippen molar-refractivity contribution in [3.8, 4) is 0 Å². The van der Waals surface area contributed by atoms with Crippen molar-refractivity contribution < 1.29 is 9.53 Å². The van der Waals surface area contributed by atoms with E-state index in [1.807, 2.05) is 24.6 Å². The highest BCUT2D eigenvalue weighted by atomic mass is 16.5. The second-order valence-electron chi connectivity index (χ2n) is 5.08. The summed E-state index contributed by atoms with van der Waals surface area (Å²) in [6.45, 7) is 7.72. The van der Waals surface area contributed by atoms with Gasteiger partial charge in [-0.05, 0) is 19.3 Å². The molecule has 0 saturated heterocycles. The molecule has 0 unspecified atom stereocenters. The topological polar surface area (TPSA) is 74.8 Å². The average Bonchev–Trinajstić information content (AvgIpc) is 3.08. The molecule has 0 aliphatic heterocycles. The highest BCUT2D eigenvalue weighted by Gasteiger charge is 2.22. The smallest absolute Gasteiger partial charge is 0.360 e. The van der Waals surface area contributed by atoms with Crippen LogP contribution in [-0.4, -0.2) is 37.1 Å². The molecule has 0 radical (unpaired) electrons. The van der Waals surface area contributed by atoms with Crippen LogP contribution in [0.3, 0.4) is 0 Å². The van der Waals surface area contributed by atoms with E-state index in [1.165, 1.54) is 0 Å². The van der Waals surface area contributed by atoms with Gasteiger partial charge in [0.2, 0.25) is 0 Å². The predicted octanol–water partition coefficient (Wildman–Crippen LogP) is 1.86. The number of aryl methyl sites for hydroxylation is 2. The number of hydrogen-bond acceptors (Lipinski definition) is 5. The Balaban J connectivity index is 2.06. The molecule has 0 saturated carbocycles. The fourth-order valence-corrected chi connectivity index (χ4v) is 2.22. The first-order valence-corrected chi connectivity index (χ1v) is 7.19. The molecule has 2 aromatic rings. The molecule has 0 spiro atoms. The van der Waals surface area contributed by atoms with Crippen LogP contribution in [0, 0.1) is 0 Å². The minimum absolute atomic E-state index is 0.160. The molecule has 0 bridgehead atoms. The number of nitrogens with zero attached hydrogens (tertiary/aromatic N) is 5. The standard InChI is InChI=1S/C14H21N5O2/c1-4-21-14(20)12-13(11(2)3)19(17-16-12)8-5-7-18-9-6-15-10-18/h6,9-11H,4-5,7-8H2,1-3H3. The van der Waals surface area contributed by atoms with Crippen LogP contribution in [0.25, 0.3) is 0 Å². The number of hydrogen-bond donors (Lipinski definition) is 0. The Morgan fingerprint density at radius 1 is 1.38 bits per heavy atom. The molecular weight excluding hydrogens is 270 g/mol. The van der Waals surface area contributed by atoms with Crippen molar-refractivity contribution in [2.24, 2.45) is 0 Å². The lowest BCUT2D eigenvalue weighted by atomic mass is 10.1. The van der Waals surface area contributed by atoms with Gasteiger partial charge in [-0.1, -0.05) is 19.1 Å². The molecule has 2 aromatic heterocycles. The number of rotatable bonds is 7. The van der Waals surface area contributed by atoms with Crippen LogP contribution in [0.2, 0.25) is 0 Å². The summed E-state index contributed by atoms with van der Waals surface area (Å²) in [5.41, 5.74) is 1.16. The van der Waals surface area contributed by atoms with Gasteiger partial charge in [0.15, 0.2) is 5.69 Å². The first-order chi connectivity index (χ1) is 10.1. The van der Waals surface area contributed by atoms with E-state index in [2.05, 4.69) is 15.3 Å². The molecule has 7 heteroatoms. The first-order valence-electron chi connectivity index (χ1n) is 7.19. The molecule has 0 N–H and O–H groups in total. The van der Waals surface area contributed by atoms with Crippen LogP contribution < -0.4 is 0 Å². The van der Waals surface area contributed by atoms with Crippen molar-refractivity contribution >= 4 is 5.97 Å². The first kappa shape index (κ1) is 15.2. The van der Waals surface area contributed by atoms with Gasteiger partial charge >= 0.3 is 5.97 Å². The maximum atomic E-state index is 11.9. The molecule has 2 rings (SSSR count). The van der Waals surface area contributed by atoms with Crippen LogP contribution in [-0.2, 0) is 17.8 Å². The monoisotopic (exact) mass is 291 g/mol. The quantitative estimate of drug-likeness (QED) is 0.728. The number of ether oxygens (including phenoxy) is 1. The van der Waals surface area contributed by atoms with E-state index >= 15 is 0 Å². The van der Waals surface area contributed by atoms with Gasteiger partial charge in [-0.2, -0.15) is 0 Å². The van der Waals surface area contributed by atoms with Gasteiger partial charge in [0.1, 0.15) is 0 Å². The zero-order valence-electron chi connectivity index (χ0n) is 12.7. The molecule has 7 nitrogen and oxygen atoms in total. The van der Waals surface area contributed by atoms with Gasteiger partial charge in [0.25, 0.3) is 0 Å². The lowest BCUT2D eigenvalue weighted by Gasteiger charge is -2.10. The second-order valence-corrected chi connectivity index (χ2v) is 5.08. The number of aromatic nitrogens is 5. The van der Waals surface area contributed by atoms with E-state index in [4.69, 9.17) is 4.74 Å². The van der Waals surface area contributed by atoms with Gasteiger partial charge < -0.3 is 9.30 Å². The molecular formula is C14H21N5O2. The van der Waals surface area contributed by atoms with Crippen molar-refractivity contribution in [1.82, 2.24) is 24.5 Å². The van der Waals surface area contributed by atoms with Crippen molar-refractivity contribution in [2.75, 3.05) is 6.61 Å². The normalized spacial score (nSPS) is 11.0. The Morgan fingerprint density at radius 3 is 2.81 bits per heavy atom. The van der Waals surface area contributed by atoms with Gasteiger partial charge in [-0.25, -0.2) is 14.5 Å². The Morgan fingerprint density at radius 2 is 2.19 bits per heavy atom. The third-order valence-corrected chi connectivity index (χ3v) is 3.13. The molecule has 0 aliphatic carbocycles. The van der Waals surface area contributed by atoms with Crippen molar-refractivity contribution in [1.29, 1.82) is 0 Å². The highest BCUT2D eigenvalue weighted by Crippen LogP contribution is 2.18. The molecule has 0 aliphatic rings. The number of imidazole rings is 1. The Hall–Kier alpha value is -2.18. The second kappa shape index (κ2) is 7.01. The maximum absolute atomic E-state index is 11.9. The van der Waals surface area contributed by atoms with E-state index < -0.39 is 5.97 Å². The van der Waals surface area contributed by atoms with E-state index in [9.17, 15) is 4.79 Å². The Bertz CT molecular complexity index is 574. The molecule has 0 fully saturated rings. The summed E-state index contributed by atoms with van der Waals surface area (Å²) < 4.78 is 8.84. The number of esters is 1. The highest BCUT2D eigenvalue weighted by molar-refractivity contribution is 5.88. The molecule has 0 aromatic carbocycles. The SMILES string of the molecule is CCOC(=O)c1nnn(CCCn2ccnc2)c1C(C)C. The van der Waals surface area contributed by atoms with Crippen molar-refractivity contribution in [2.45, 2.75) is 46.2 Å². The van der Waals surface area contributed by atoms with E-state index in [0.29, 0.717) is 18.8 Å². The zero-order chi connectivity index (χ0) is 15.2. The van der Waals surface area contributed by atoms with Crippen LogP contribution >= 0.6 is 0 Å². The van der Waals surface area contributed by atoms with Crippen molar-refractivity contribution in [3.63, 3.8) is 0 Å². The zero-order valence-corrected chi connectivity index (χ0v) is 12.7. The third-order valence-electron chi connectivity index (χ3n) is 3.13. The van der Waals surface area contributed by atoms with Crippen molar-refractivity contribution in [3.05, 3.63) is 30.1 Å². The molecule has 114 valence electrons. The largest absolute Gasteiger partial charge is 0.461 e. The Labute approximate surface area is 123 Å². The summed E-state index contributed by atoms with van der Waals surface area (Å²) in [5.74, 6) is -0.241. The summed E-state index contributed by atoms with van der Waals surface area (Å²) in [6.07, 6.45) is 6.36. The number of carbonyl (C=O) groups excluding carboxylic acids is 1. The maximum Gasteiger partial charge on any atom is 0.360 e. The molecule has 2 heterocycles. The minimum atomic E-state index is -0.401.